The number of carbonyl (C=O) groups is 1. The summed E-state index contributed by atoms with van der Waals surface area (Å²) in [5.74, 6) is -0.600. The molecule has 114 valence electrons. The van der Waals surface area contributed by atoms with E-state index in [0.29, 0.717) is 5.56 Å². The Balaban J connectivity index is 2.13. The second-order valence-corrected chi connectivity index (χ2v) is 5.83. The Morgan fingerprint density at radius 1 is 1.43 bits per heavy atom. The van der Waals surface area contributed by atoms with Crippen LogP contribution >= 0.6 is 0 Å². The van der Waals surface area contributed by atoms with Gasteiger partial charge in [0.25, 0.3) is 0 Å². The molecule has 1 aliphatic heterocycles. The van der Waals surface area contributed by atoms with Crippen LogP contribution in [-0.2, 0) is 11.3 Å². The Morgan fingerprint density at radius 3 is 3.00 bits per heavy atom. The summed E-state index contributed by atoms with van der Waals surface area (Å²) in [5.41, 5.74) is 1.62. The largest absolute Gasteiger partial charge is 0.478 e. The van der Waals surface area contributed by atoms with Crippen LogP contribution < -0.4 is 0 Å². The summed E-state index contributed by atoms with van der Waals surface area (Å²) in [6.45, 7) is 5.11. The van der Waals surface area contributed by atoms with Gasteiger partial charge in [-0.05, 0) is 67.6 Å². The van der Waals surface area contributed by atoms with Crippen molar-refractivity contribution >= 4 is 12.0 Å². The van der Waals surface area contributed by atoms with Crippen molar-refractivity contribution < 1.29 is 14.3 Å². The zero-order chi connectivity index (χ0) is 15.2. The van der Waals surface area contributed by atoms with Gasteiger partial charge in [-0.2, -0.15) is 0 Å². The number of likely N-dealkylation sites (tertiary alicyclic amines) is 1. The monoisotopic (exact) mass is 291 g/mol. The van der Waals surface area contributed by atoms with Crippen molar-refractivity contribution in [3.63, 3.8) is 0 Å². The Hall–Kier alpha value is -1.68. The van der Waals surface area contributed by atoms with Crippen molar-refractivity contribution in [2.45, 2.75) is 32.7 Å². The SMILES string of the molecule is CC1CCCN(Cc2ccc(F)cc2C=CC(=O)O)CC1. The Morgan fingerprint density at radius 2 is 2.24 bits per heavy atom. The molecular weight excluding hydrogens is 269 g/mol. The molecule has 1 saturated heterocycles. The predicted molar refractivity (Wildman–Crippen MR) is 81.4 cm³/mol. The molecule has 1 unspecified atom stereocenters. The number of carboxylic acid groups (broad SMARTS) is 1. The van der Waals surface area contributed by atoms with E-state index in [1.165, 1.54) is 37.5 Å². The first-order valence-electron chi connectivity index (χ1n) is 7.46. The minimum absolute atomic E-state index is 0.340. The fourth-order valence-corrected chi connectivity index (χ4v) is 2.75. The normalized spacial score (nSPS) is 20.6. The first-order valence-corrected chi connectivity index (χ1v) is 7.46. The van der Waals surface area contributed by atoms with Crippen LogP contribution in [0.1, 0.15) is 37.3 Å². The highest BCUT2D eigenvalue weighted by Crippen LogP contribution is 2.20. The standard InChI is InChI=1S/C17H22FNO2/c1-13-3-2-9-19(10-8-13)12-15-4-6-16(18)11-14(15)5-7-17(20)21/h4-7,11,13H,2-3,8-10,12H2,1H3,(H,20,21). The van der Waals surface area contributed by atoms with Crippen molar-refractivity contribution in [2.24, 2.45) is 5.92 Å². The van der Waals surface area contributed by atoms with E-state index in [0.717, 1.165) is 37.2 Å². The summed E-state index contributed by atoms with van der Waals surface area (Å²) >= 11 is 0. The lowest BCUT2D eigenvalue weighted by Gasteiger charge is -2.21. The van der Waals surface area contributed by atoms with E-state index in [9.17, 15) is 9.18 Å². The van der Waals surface area contributed by atoms with Crippen molar-refractivity contribution in [1.82, 2.24) is 4.90 Å². The van der Waals surface area contributed by atoms with Crippen molar-refractivity contribution in [3.05, 3.63) is 41.2 Å². The molecule has 1 aliphatic rings. The highest BCUT2D eigenvalue weighted by molar-refractivity contribution is 5.85. The Kier molecular flexibility index (Phi) is 5.51. The highest BCUT2D eigenvalue weighted by Gasteiger charge is 2.15. The molecule has 0 aromatic heterocycles. The number of hydrogen-bond donors (Lipinski definition) is 1. The van der Waals surface area contributed by atoms with Crippen LogP contribution in [0, 0.1) is 11.7 Å². The summed E-state index contributed by atoms with van der Waals surface area (Å²) in [6, 6.07) is 4.59. The van der Waals surface area contributed by atoms with Crippen LogP contribution in [0.15, 0.2) is 24.3 Å². The Labute approximate surface area is 125 Å². The van der Waals surface area contributed by atoms with Crippen LogP contribution in [-0.4, -0.2) is 29.1 Å². The molecule has 0 aliphatic carbocycles. The van der Waals surface area contributed by atoms with Crippen molar-refractivity contribution in [1.29, 1.82) is 0 Å². The van der Waals surface area contributed by atoms with Crippen molar-refractivity contribution in [3.8, 4) is 0 Å². The van der Waals surface area contributed by atoms with Crippen LogP contribution in [0.5, 0.6) is 0 Å². The highest BCUT2D eigenvalue weighted by atomic mass is 19.1. The van der Waals surface area contributed by atoms with Crippen molar-refractivity contribution in [2.75, 3.05) is 13.1 Å². The molecule has 1 atom stereocenters. The smallest absolute Gasteiger partial charge is 0.328 e. The van der Waals surface area contributed by atoms with Crippen LogP contribution in [0.25, 0.3) is 6.08 Å². The van der Waals surface area contributed by atoms with Gasteiger partial charge >= 0.3 is 5.97 Å². The molecule has 1 N–H and O–H groups in total. The fourth-order valence-electron chi connectivity index (χ4n) is 2.75. The van der Waals surface area contributed by atoms with E-state index in [1.807, 2.05) is 0 Å². The quantitative estimate of drug-likeness (QED) is 0.863. The van der Waals surface area contributed by atoms with Gasteiger partial charge in [-0.1, -0.05) is 13.0 Å². The Bertz CT molecular complexity index is 528. The first kappa shape index (κ1) is 15.7. The van der Waals surface area contributed by atoms with Gasteiger partial charge < -0.3 is 5.11 Å². The topological polar surface area (TPSA) is 40.5 Å². The molecule has 0 bridgehead atoms. The summed E-state index contributed by atoms with van der Waals surface area (Å²) < 4.78 is 13.4. The third kappa shape index (κ3) is 4.97. The maximum absolute atomic E-state index is 13.4. The van der Waals surface area contributed by atoms with Gasteiger partial charge in [0.2, 0.25) is 0 Å². The molecule has 21 heavy (non-hydrogen) atoms. The molecule has 3 nitrogen and oxygen atoms in total. The van der Waals surface area contributed by atoms with E-state index >= 15 is 0 Å². The number of carboxylic acids is 1. The number of halogens is 1. The summed E-state index contributed by atoms with van der Waals surface area (Å²) in [5, 5.41) is 8.73. The predicted octanol–water partition coefficient (Wildman–Crippen LogP) is 3.55. The summed E-state index contributed by atoms with van der Waals surface area (Å²) in [6.07, 6.45) is 6.15. The third-order valence-electron chi connectivity index (χ3n) is 4.02. The molecule has 4 heteroatoms. The maximum atomic E-state index is 13.4. The van der Waals surface area contributed by atoms with E-state index in [2.05, 4.69) is 11.8 Å². The van der Waals surface area contributed by atoms with Gasteiger partial charge in [-0.25, -0.2) is 9.18 Å². The van der Waals surface area contributed by atoms with Gasteiger partial charge in [0.15, 0.2) is 0 Å². The molecule has 1 fully saturated rings. The molecule has 0 saturated carbocycles. The van der Waals surface area contributed by atoms with Gasteiger partial charge in [0, 0.05) is 12.6 Å². The molecule has 1 aromatic carbocycles. The number of hydrogen-bond acceptors (Lipinski definition) is 2. The summed E-state index contributed by atoms with van der Waals surface area (Å²) in [7, 11) is 0. The van der Waals surface area contributed by atoms with Gasteiger partial charge in [-0.15, -0.1) is 0 Å². The van der Waals surface area contributed by atoms with Crippen LogP contribution in [0.2, 0.25) is 0 Å². The molecule has 0 spiro atoms. The molecule has 1 heterocycles. The van der Waals surface area contributed by atoms with Crippen LogP contribution in [0.3, 0.4) is 0 Å². The molecule has 0 radical (unpaired) electrons. The van der Waals surface area contributed by atoms with E-state index < -0.39 is 5.97 Å². The zero-order valence-corrected chi connectivity index (χ0v) is 12.4. The molecule has 0 amide bonds. The average molecular weight is 291 g/mol. The van der Waals surface area contributed by atoms with Crippen LogP contribution in [0.4, 0.5) is 4.39 Å². The minimum atomic E-state index is -1.02. The zero-order valence-electron chi connectivity index (χ0n) is 12.4. The lowest BCUT2D eigenvalue weighted by molar-refractivity contribution is -0.131. The number of rotatable bonds is 4. The third-order valence-corrected chi connectivity index (χ3v) is 4.02. The first-order chi connectivity index (χ1) is 10.0. The van der Waals surface area contributed by atoms with E-state index in [4.69, 9.17) is 5.11 Å². The van der Waals surface area contributed by atoms with E-state index in [-0.39, 0.29) is 5.82 Å². The molecule has 2 rings (SSSR count). The lowest BCUT2D eigenvalue weighted by atomic mass is 10.0. The number of nitrogens with zero attached hydrogens (tertiary/aromatic N) is 1. The number of benzene rings is 1. The molecular formula is C17H22FNO2. The second-order valence-electron chi connectivity index (χ2n) is 5.83. The maximum Gasteiger partial charge on any atom is 0.328 e. The van der Waals surface area contributed by atoms with Gasteiger partial charge in [0.1, 0.15) is 5.82 Å². The molecule has 1 aromatic rings. The fraction of sp³-hybridized carbons (Fsp3) is 0.471. The summed E-state index contributed by atoms with van der Waals surface area (Å²) in [4.78, 5) is 13.0. The second kappa shape index (κ2) is 7.36. The minimum Gasteiger partial charge on any atom is -0.478 e. The lowest BCUT2D eigenvalue weighted by Crippen LogP contribution is -2.24. The van der Waals surface area contributed by atoms with Gasteiger partial charge in [0.05, 0.1) is 0 Å². The number of aliphatic carboxylic acids is 1. The van der Waals surface area contributed by atoms with Gasteiger partial charge in [-0.3, -0.25) is 4.90 Å². The average Bonchev–Trinajstić information content (AvgIpc) is 2.64. The van der Waals surface area contributed by atoms with E-state index in [1.54, 1.807) is 6.07 Å².